The van der Waals surface area contributed by atoms with E-state index in [0.717, 1.165) is 5.52 Å². The van der Waals surface area contributed by atoms with E-state index in [1.54, 1.807) is 24.3 Å². The Balaban J connectivity index is 2.16. The van der Waals surface area contributed by atoms with Gasteiger partial charge in [0, 0.05) is 13.2 Å². The van der Waals surface area contributed by atoms with Crippen LogP contribution >= 0.6 is 11.3 Å². The summed E-state index contributed by atoms with van der Waals surface area (Å²) in [5.74, 6) is 0.352. The normalized spacial score (nSPS) is 12.3. The molecule has 1 heterocycles. The highest BCUT2D eigenvalue weighted by Crippen LogP contribution is 2.25. The molecular weight excluding hydrogens is 442 g/mol. The van der Waals surface area contributed by atoms with E-state index in [2.05, 4.69) is 4.99 Å². The molecule has 166 valence electrons. The van der Waals surface area contributed by atoms with Crippen LogP contribution in [0.3, 0.4) is 0 Å². The number of sulfonamides is 1. The van der Waals surface area contributed by atoms with Gasteiger partial charge in [-0.05, 0) is 43.3 Å². The summed E-state index contributed by atoms with van der Waals surface area (Å²) in [7, 11) is -0.886. The lowest BCUT2D eigenvalue weighted by Gasteiger charge is -2.08. The minimum atomic E-state index is -3.86. The number of fused-ring (bicyclic) bond motifs is 1. The fourth-order valence-electron chi connectivity index (χ4n) is 2.96. The summed E-state index contributed by atoms with van der Waals surface area (Å²) in [6, 6.07) is 9.43. The van der Waals surface area contributed by atoms with E-state index in [4.69, 9.17) is 19.3 Å². The van der Waals surface area contributed by atoms with E-state index < -0.39 is 15.9 Å². The number of thiazole rings is 1. The van der Waals surface area contributed by atoms with Crippen LogP contribution in [0.15, 0.2) is 46.3 Å². The number of nitrogens with zero attached hydrogens (tertiary/aromatic N) is 2. The van der Waals surface area contributed by atoms with Crippen LogP contribution < -0.4 is 19.4 Å². The van der Waals surface area contributed by atoms with Gasteiger partial charge in [0.1, 0.15) is 11.5 Å². The number of benzene rings is 2. The van der Waals surface area contributed by atoms with Gasteiger partial charge in [0.05, 0.1) is 41.5 Å². The third-order valence-electron chi connectivity index (χ3n) is 4.48. The minimum Gasteiger partial charge on any atom is -0.497 e. The summed E-state index contributed by atoms with van der Waals surface area (Å²) in [4.78, 5) is 17.7. The molecule has 0 aliphatic heterocycles. The third kappa shape index (κ3) is 5.13. The first-order valence-corrected chi connectivity index (χ1v) is 11.7. The number of primary sulfonamides is 1. The van der Waals surface area contributed by atoms with Crippen LogP contribution in [0.2, 0.25) is 0 Å². The number of carbonyl (C=O) groups is 1. The van der Waals surface area contributed by atoms with Crippen LogP contribution in [0.4, 0.5) is 0 Å². The molecule has 9 nitrogen and oxygen atoms in total. The number of rotatable bonds is 8. The number of hydrogen-bond acceptors (Lipinski definition) is 7. The second-order valence-electron chi connectivity index (χ2n) is 6.39. The van der Waals surface area contributed by atoms with Crippen molar-refractivity contribution in [3.63, 3.8) is 0 Å². The van der Waals surface area contributed by atoms with Crippen LogP contribution in [0.1, 0.15) is 17.3 Å². The number of methoxy groups -OCH3 is 2. The van der Waals surface area contributed by atoms with Crippen molar-refractivity contribution in [2.45, 2.75) is 18.4 Å². The minimum absolute atomic E-state index is 0.00875. The zero-order valence-electron chi connectivity index (χ0n) is 17.3. The first-order chi connectivity index (χ1) is 14.8. The van der Waals surface area contributed by atoms with Crippen LogP contribution in [0, 0.1) is 0 Å². The number of amides is 1. The average molecular weight is 466 g/mol. The quantitative estimate of drug-likeness (QED) is 0.509. The third-order valence-corrected chi connectivity index (χ3v) is 6.43. The van der Waals surface area contributed by atoms with Crippen molar-refractivity contribution in [2.75, 3.05) is 27.4 Å². The molecule has 0 atom stereocenters. The molecule has 0 aliphatic carbocycles. The molecule has 0 spiro atoms. The van der Waals surface area contributed by atoms with Crippen LogP contribution in [-0.2, 0) is 21.3 Å². The zero-order valence-corrected chi connectivity index (χ0v) is 19.0. The number of aromatic nitrogens is 1. The van der Waals surface area contributed by atoms with Crippen molar-refractivity contribution < 1.29 is 27.4 Å². The number of ether oxygens (including phenoxy) is 3. The number of carbonyl (C=O) groups excluding carboxylic acids is 1. The van der Waals surface area contributed by atoms with Gasteiger partial charge < -0.3 is 18.8 Å². The van der Waals surface area contributed by atoms with E-state index in [0.29, 0.717) is 40.8 Å². The van der Waals surface area contributed by atoms with Gasteiger partial charge in [0.25, 0.3) is 5.91 Å². The molecule has 0 radical (unpaired) electrons. The van der Waals surface area contributed by atoms with E-state index in [1.165, 1.54) is 37.7 Å². The van der Waals surface area contributed by atoms with E-state index in [1.807, 2.05) is 11.5 Å². The highest BCUT2D eigenvalue weighted by molar-refractivity contribution is 7.89. The maximum absolute atomic E-state index is 13.0. The Morgan fingerprint density at radius 3 is 2.58 bits per heavy atom. The zero-order chi connectivity index (χ0) is 22.6. The Labute approximate surface area is 183 Å². The van der Waals surface area contributed by atoms with Crippen molar-refractivity contribution in [3.05, 3.63) is 46.8 Å². The van der Waals surface area contributed by atoms with Crippen LogP contribution in [0.5, 0.6) is 11.5 Å². The molecule has 1 aromatic heterocycles. The topological polar surface area (TPSA) is 122 Å². The van der Waals surface area contributed by atoms with Gasteiger partial charge in [0.2, 0.25) is 10.0 Å². The highest BCUT2D eigenvalue weighted by atomic mass is 32.2. The molecule has 11 heteroatoms. The SMILES string of the molecule is CCOCCn1c(=NC(=O)c2cc(OC)ccc2OC)sc2cc(S(N)(=O)=O)ccc21. The summed E-state index contributed by atoms with van der Waals surface area (Å²) in [5, 5.41) is 5.25. The Kier molecular flexibility index (Phi) is 7.11. The molecule has 0 fully saturated rings. The second-order valence-corrected chi connectivity index (χ2v) is 8.96. The van der Waals surface area contributed by atoms with Gasteiger partial charge in [-0.1, -0.05) is 11.3 Å². The fourth-order valence-corrected chi connectivity index (χ4v) is 4.67. The van der Waals surface area contributed by atoms with Crippen molar-refractivity contribution in [2.24, 2.45) is 10.1 Å². The molecule has 31 heavy (non-hydrogen) atoms. The second kappa shape index (κ2) is 9.60. The van der Waals surface area contributed by atoms with E-state index in [-0.39, 0.29) is 10.5 Å². The van der Waals surface area contributed by atoms with Gasteiger partial charge in [-0.15, -0.1) is 0 Å². The number of nitrogens with two attached hydrogens (primary N) is 1. The fraction of sp³-hybridized carbons (Fsp3) is 0.300. The predicted octanol–water partition coefficient (Wildman–Crippen LogP) is 2.14. The Morgan fingerprint density at radius 2 is 1.94 bits per heavy atom. The summed E-state index contributed by atoms with van der Waals surface area (Å²) in [6.45, 7) is 3.27. The van der Waals surface area contributed by atoms with E-state index >= 15 is 0 Å². The van der Waals surface area contributed by atoms with Gasteiger partial charge in [0.15, 0.2) is 4.80 Å². The van der Waals surface area contributed by atoms with E-state index in [9.17, 15) is 13.2 Å². The van der Waals surface area contributed by atoms with Gasteiger partial charge in [-0.2, -0.15) is 4.99 Å². The largest absolute Gasteiger partial charge is 0.497 e. The van der Waals surface area contributed by atoms with Crippen molar-refractivity contribution in [3.8, 4) is 11.5 Å². The molecular formula is C20H23N3O6S2. The molecule has 0 bridgehead atoms. The lowest BCUT2D eigenvalue weighted by atomic mass is 10.2. The van der Waals surface area contributed by atoms with Crippen LogP contribution in [0.25, 0.3) is 10.2 Å². The number of hydrogen-bond donors (Lipinski definition) is 1. The molecule has 2 aromatic carbocycles. The summed E-state index contributed by atoms with van der Waals surface area (Å²) in [5.41, 5.74) is 0.974. The Hall–Kier alpha value is -2.73. The lowest BCUT2D eigenvalue weighted by Crippen LogP contribution is -2.20. The van der Waals surface area contributed by atoms with Gasteiger partial charge in [-0.3, -0.25) is 4.79 Å². The summed E-state index contributed by atoms with van der Waals surface area (Å²) < 4.78 is 41.8. The molecule has 3 aromatic rings. The standard InChI is InChI=1S/C20H23N3O6S2/c1-4-29-10-9-23-16-7-6-14(31(21,25)26)12-18(16)30-20(23)22-19(24)15-11-13(27-2)5-8-17(15)28-3/h5-8,11-12H,4,9-10H2,1-3H3,(H2,21,25,26). The Bertz CT molecular complexity index is 1280. The maximum atomic E-state index is 13.0. The van der Waals surface area contributed by atoms with Gasteiger partial charge >= 0.3 is 0 Å². The molecule has 0 aliphatic rings. The van der Waals surface area contributed by atoms with Crippen LogP contribution in [-0.4, -0.2) is 46.3 Å². The van der Waals surface area contributed by atoms with Gasteiger partial charge in [-0.25, -0.2) is 13.6 Å². The average Bonchev–Trinajstić information content (AvgIpc) is 3.09. The summed E-state index contributed by atoms with van der Waals surface area (Å²) >= 11 is 1.19. The molecule has 3 rings (SSSR count). The summed E-state index contributed by atoms with van der Waals surface area (Å²) in [6.07, 6.45) is 0. The monoisotopic (exact) mass is 465 g/mol. The Morgan fingerprint density at radius 1 is 1.16 bits per heavy atom. The predicted molar refractivity (Wildman–Crippen MR) is 117 cm³/mol. The molecule has 2 N–H and O–H groups in total. The van der Waals surface area contributed by atoms with Crippen molar-refractivity contribution >= 4 is 37.5 Å². The molecule has 0 saturated carbocycles. The molecule has 0 saturated heterocycles. The first kappa shape index (κ1) is 22.9. The molecule has 1 amide bonds. The smallest absolute Gasteiger partial charge is 0.283 e. The first-order valence-electron chi connectivity index (χ1n) is 9.33. The maximum Gasteiger partial charge on any atom is 0.283 e. The van der Waals surface area contributed by atoms with Crippen molar-refractivity contribution in [1.82, 2.24) is 4.57 Å². The van der Waals surface area contributed by atoms with Crippen molar-refractivity contribution in [1.29, 1.82) is 0 Å². The lowest BCUT2D eigenvalue weighted by molar-refractivity contribution is 0.0993. The highest BCUT2D eigenvalue weighted by Gasteiger charge is 2.16. The molecule has 0 unspecified atom stereocenters.